The first kappa shape index (κ1) is 17.6. The van der Waals surface area contributed by atoms with Gasteiger partial charge in [-0.05, 0) is 74.5 Å². The molecule has 1 unspecified atom stereocenters. The molecule has 1 saturated heterocycles. The van der Waals surface area contributed by atoms with Crippen LogP contribution in [0.4, 0.5) is 0 Å². The quantitative estimate of drug-likeness (QED) is 0.508. The van der Waals surface area contributed by atoms with Gasteiger partial charge in [-0.15, -0.1) is 0 Å². The molecule has 0 aromatic heterocycles. The molecule has 5 nitrogen and oxygen atoms in total. The summed E-state index contributed by atoms with van der Waals surface area (Å²) < 4.78 is 5.59. The van der Waals surface area contributed by atoms with E-state index in [2.05, 4.69) is 15.6 Å². The molecular weight excluding hydrogens is 314 g/mol. The molecule has 1 aliphatic heterocycles. The maximum absolute atomic E-state index is 9.38. The predicted molar refractivity (Wildman–Crippen MR) is 99.5 cm³/mol. The van der Waals surface area contributed by atoms with E-state index in [1.165, 1.54) is 38.5 Å². The second-order valence-corrected chi connectivity index (χ2v) is 9.47. The topological polar surface area (TPSA) is 65.9 Å². The highest BCUT2D eigenvalue weighted by Crippen LogP contribution is 2.59. The first-order valence-corrected chi connectivity index (χ1v) is 10.3. The molecule has 1 heterocycles. The Kier molecular flexibility index (Phi) is 4.98. The van der Waals surface area contributed by atoms with Crippen LogP contribution >= 0.6 is 0 Å². The molecule has 4 bridgehead atoms. The average Bonchev–Trinajstić information content (AvgIpc) is 3.03. The van der Waals surface area contributed by atoms with Gasteiger partial charge >= 0.3 is 0 Å². The van der Waals surface area contributed by atoms with Gasteiger partial charge in [0.15, 0.2) is 5.96 Å². The van der Waals surface area contributed by atoms with E-state index in [1.807, 2.05) is 7.05 Å². The number of ether oxygens (including phenoxy) is 1. The molecule has 0 aromatic carbocycles. The highest BCUT2D eigenvalue weighted by molar-refractivity contribution is 5.79. The Morgan fingerprint density at radius 3 is 2.24 bits per heavy atom. The number of aliphatic hydroxyl groups is 1. The van der Waals surface area contributed by atoms with Gasteiger partial charge in [-0.25, -0.2) is 0 Å². The lowest BCUT2D eigenvalue weighted by molar-refractivity contribution is -0.0492. The molecule has 5 fully saturated rings. The number of guanidine groups is 1. The van der Waals surface area contributed by atoms with Crippen molar-refractivity contribution in [1.82, 2.24) is 10.6 Å². The van der Waals surface area contributed by atoms with Crippen LogP contribution in [0.3, 0.4) is 0 Å². The van der Waals surface area contributed by atoms with E-state index in [4.69, 9.17) is 4.74 Å². The summed E-state index contributed by atoms with van der Waals surface area (Å²) in [5.41, 5.74) is 0.582. The molecule has 0 amide bonds. The number of aliphatic hydroxyl groups excluding tert-OH is 1. The van der Waals surface area contributed by atoms with Crippen LogP contribution in [-0.2, 0) is 4.74 Å². The summed E-state index contributed by atoms with van der Waals surface area (Å²) in [5.74, 6) is 3.89. The SMILES string of the molecule is CN=C(NCC1(CCO)CCOC1)NCC12CC3CC(CC(C3)C1)C2. The Morgan fingerprint density at radius 1 is 1.08 bits per heavy atom. The Morgan fingerprint density at radius 2 is 1.72 bits per heavy atom. The predicted octanol–water partition coefficient (Wildman–Crippen LogP) is 2.16. The van der Waals surface area contributed by atoms with Gasteiger partial charge in [0.25, 0.3) is 0 Å². The number of hydrogen-bond acceptors (Lipinski definition) is 3. The molecule has 0 spiro atoms. The number of nitrogens with one attached hydrogen (secondary N) is 2. The Hall–Kier alpha value is -0.810. The van der Waals surface area contributed by atoms with Crippen LogP contribution in [0.2, 0.25) is 0 Å². The van der Waals surface area contributed by atoms with Gasteiger partial charge in [-0.1, -0.05) is 0 Å². The summed E-state index contributed by atoms with van der Waals surface area (Å²) >= 11 is 0. The molecule has 25 heavy (non-hydrogen) atoms. The zero-order valence-electron chi connectivity index (χ0n) is 15.7. The van der Waals surface area contributed by atoms with Gasteiger partial charge in [-0.3, -0.25) is 4.99 Å². The lowest BCUT2D eigenvalue weighted by Crippen LogP contribution is -2.53. The molecule has 5 rings (SSSR count). The smallest absolute Gasteiger partial charge is 0.191 e. The monoisotopic (exact) mass is 349 g/mol. The first-order chi connectivity index (χ1) is 12.1. The molecule has 1 atom stereocenters. The van der Waals surface area contributed by atoms with E-state index in [1.54, 1.807) is 0 Å². The lowest BCUT2D eigenvalue weighted by atomic mass is 9.49. The van der Waals surface area contributed by atoms with Crippen LogP contribution < -0.4 is 10.6 Å². The maximum Gasteiger partial charge on any atom is 0.191 e. The maximum atomic E-state index is 9.38. The van der Waals surface area contributed by atoms with Crippen molar-refractivity contribution in [2.24, 2.45) is 33.6 Å². The van der Waals surface area contributed by atoms with Gasteiger partial charge in [0, 0.05) is 38.8 Å². The zero-order valence-corrected chi connectivity index (χ0v) is 15.7. The molecule has 4 aliphatic carbocycles. The fraction of sp³-hybridized carbons (Fsp3) is 0.950. The highest BCUT2D eigenvalue weighted by atomic mass is 16.5. The molecule has 0 aromatic rings. The van der Waals surface area contributed by atoms with Crippen LogP contribution in [0.25, 0.3) is 0 Å². The first-order valence-electron chi connectivity index (χ1n) is 10.3. The second-order valence-electron chi connectivity index (χ2n) is 9.47. The summed E-state index contributed by atoms with van der Waals surface area (Å²) in [4.78, 5) is 4.45. The minimum Gasteiger partial charge on any atom is -0.396 e. The van der Waals surface area contributed by atoms with Crippen molar-refractivity contribution in [2.45, 2.75) is 51.4 Å². The zero-order chi connectivity index (χ0) is 17.3. The van der Waals surface area contributed by atoms with Crippen molar-refractivity contribution >= 4 is 5.96 Å². The van der Waals surface area contributed by atoms with E-state index in [9.17, 15) is 5.11 Å². The summed E-state index contributed by atoms with van der Waals surface area (Å²) in [6, 6.07) is 0. The molecule has 5 aliphatic rings. The van der Waals surface area contributed by atoms with E-state index < -0.39 is 0 Å². The number of hydrogen-bond donors (Lipinski definition) is 3. The van der Waals surface area contributed by atoms with Crippen LogP contribution in [0.5, 0.6) is 0 Å². The van der Waals surface area contributed by atoms with Gasteiger partial charge in [0.1, 0.15) is 0 Å². The normalized spacial score (nSPS) is 42.8. The summed E-state index contributed by atoms with van der Waals surface area (Å²) in [5, 5.41) is 16.5. The average molecular weight is 350 g/mol. The van der Waals surface area contributed by atoms with Gasteiger partial charge < -0.3 is 20.5 Å². The molecule has 4 saturated carbocycles. The number of nitrogens with zero attached hydrogens (tertiary/aromatic N) is 1. The van der Waals surface area contributed by atoms with Crippen molar-refractivity contribution < 1.29 is 9.84 Å². The third-order valence-corrected chi connectivity index (χ3v) is 7.48. The van der Waals surface area contributed by atoms with Gasteiger partial charge in [0.05, 0.1) is 6.61 Å². The fourth-order valence-corrected chi connectivity index (χ4v) is 6.58. The Balaban J connectivity index is 1.31. The largest absolute Gasteiger partial charge is 0.396 e. The van der Waals surface area contributed by atoms with Crippen molar-refractivity contribution in [1.29, 1.82) is 0 Å². The van der Waals surface area contributed by atoms with Crippen molar-refractivity contribution in [3.63, 3.8) is 0 Å². The van der Waals surface area contributed by atoms with Crippen LogP contribution in [0.15, 0.2) is 4.99 Å². The van der Waals surface area contributed by atoms with E-state index >= 15 is 0 Å². The third kappa shape index (κ3) is 3.68. The molecule has 3 N–H and O–H groups in total. The number of aliphatic imine (C=N–C) groups is 1. The Labute approximate surface area is 152 Å². The van der Waals surface area contributed by atoms with Crippen molar-refractivity contribution in [2.75, 3.05) is 40.0 Å². The minimum absolute atomic E-state index is 0.0626. The fourth-order valence-electron chi connectivity index (χ4n) is 6.58. The van der Waals surface area contributed by atoms with Crippen LogP contribution in [0, 0.1) is 28.6 Å². The molecule has 5 heteroatoms. The summed E-state index contributed by atoms with van der Waals surface area (Å²) in [6.07, 6.45) is 10.6. The van der Waals surface area contributed by atoms with Gasteiger partial charge in [0.2, 0.25) is 0 Å². The molecule has 142 valence electrons. The summed E-state index contributed by atoms with van der Waals surface area (Å²) in [6.45, 7) is 3.67. The molecule has 0 radical (unpaired) electrons. The number of rotatable bonds is 6. The summed E-state index contributed by atoms with van der Waals surface area (Å²) in [7, 11) is 1.86. The second kappa shape index (κ2) is 7.07. The van der Waals surface area contributed by atoms with Crippen molar-refractivity contribution in [3.05, 3.63) is 0 Å². The standard InChI is InChI=1S/C20H35N3O2/c1-21-18(22-12-19(2-4-24)3-5-25-14-19)23-13-20-9-15-6-16(10-20)8-17(7-15)11-20/h15-17,24H,2-14H2,1H3,(H2,21,22,23). The van der Waals surface area contributed by atoms with Crippen molar-refractivity contribution in [3.8, 4) is 0 Å². The lowest BCUT2D eigenvalue weighted by Gasteiger charge is -2.57. The van der Waals surface area contributed by atoms with Gasteiger partial charge in [-0.2, -0.15) is 0 Å². The van der Waals surface area contributed by atoms with E-state index in [-0.39, 0.29) is 12.0 Å². The molecular formula is C20H35N3O2. The van der Waals surface area contributed by atoms with Crippen LogP contribution in [0.1, 0.15) is 51.4 Å². The highest BCUT2D eigenvalue weighted by Gasteiger charge is 2.50. The minimum atomic E-state index is 0.0626. The van der Waals surface area contributed by atoms with E-state index in [0.717, 1.165) is 62.9 Å². The third-order valence-electron chi connectivity index (χ3n) is 7.48. The van der Waals surface area contributed by atoms with E-state index in [0.29, 0.717) is 5.41 Å². The van der Waals surface area contributed by atoms with Crippen LogP contribution in [-0.4, -0.2) is 51.0 Å². The Bertz CT molecular complexity index is 464.